The first kappa shape index (κ1) is 11.0. The lowest BCUT2D eigenvalue weighted by atomic mass is 10.0. The molecule has 82 valence electrons. The topological polar surface area (TPSA) is 29.1 Å². The highest BCUT2D eigenvalue weighted by Crippen LogP contribution is 2.24. The van der Waals surface area contributed by atoms with E-state index in [1.165, 1.54) is 5.56 Å². The van der Waals surface area contributed by atoms with Gasteiger partial charge in [-0.25, -0.2) is 0 Å². The molecule has 1 aromatic rings. The van der Waals surface area contributed by atoms with Gasteiger partial charge in [-0.2, -0.15) is 0 Å². The van der Waals surface area contributed by atoms with Crippen LogP contribution in [-0.4, -0.2) is 11.8 Å². The predicted octanol–water partition coefficient (Wildman–Crippen LogP) is 2.49. The minimum Gasteiger partial charge on any atom is -0.322 e. The first-order valence-electron chi connectivity index (χ1n) is 5.08. The quantitative estimate of drug-likeness (QED) is 0.799. The number of amides is 1. The molecule has 1 N–H and O–H groups in total. The number of allylic oxidation sites excluding steroid dienone is 1. The SMILES string of the molecule is C=C1NC(=O)C=C1c1ccc(CCCl)cc1. The van der Waals surface area contributed by atoms with Crippen molar-refractivity contribution in [1.29, 1.82) is 0 Å². The van der Waals surface area contributed by atoms with Gasteiger partial charge in [-0.1, -0.05) is 30.8 Å². The van der Waals surface area contributed by atoms with Gasteiger partial charge in [-0.15, -0.1) is 11.6 Å². The molecule has 1 aliphatic rings. The molecular weight excluding hydrogens is 222 g/mol. The molecular formula is C13H12ClNO. The largest absolute Gasteiger partial charge is 0.322 e. The molecule has 0 fully saturated rings. The fraction of sp³-hybridized carbons (Fsp3) is 0.154. The van der Waals surface area contributed by atoms with Crippen LogP contribution in [0.5, 0.6) is 0 Å². The second kappa shape index (κ2) is 4.54. The standard InChI is InChI=1S/C13H12ClNO/c1-9-12(8-13(16)15-9)11-4-2-10(3-5-11)6-7-14/h2-5,8H,1,6-7H2,(H,15,16). The molecule has 0 saturated heterocycles. The molecule has 0 unspecified atom stereocenters. The highest BCUT2D eigenvalue weighted by atomic mass is 35.5. The van der Waals surface area contributed by atoms with Gasteiger partial charge in [0.05, 0.1) is 0 Å². The van der Waals surface area contributed by atoms with Gasteiger partial charge in [0.2, 0.25) is 5.91 Å². The third-order valence-electron chi connectivity index (χ3n) is 2.52. The van der Waals surface area contributed by atoms with E-state index in [-0.39, 0.29) is 5.91 Å². The number of carbonyl (C=O) groups excluding carboxylic acids is 1. The molecule has 0 spiro atoms. The molecule has 0 aliphatic carbocycles. The van der Waals surface area contributed by atoms with E-state index in [0.717, 1.165) is 17.6 Å². The molecule has 0 saturated carbocycles. The van der Waals surface area contributed by atoms with Crippen molar-refractivity contribution in [1.82, 2.24) is 5.32 Å². The molecule has 1 aromatic carbocycles. The van der Waals surface area contributed by atoms with E-state index < -0.39 is 0 Å². The van der Waals surface area contributed by atoms with Crippen molar-refractivity contribution in [3.05, 3.63) is 53.7 Å². The average molecular weight is 234 g/mol. The Bertz CT molecular complexity index is 459. The van der Waals surface area contributed by atoms with E-state index in [4.69, 9.17) is 11.6 Å². The molecule has 0 bridgehead atoms. The van der Waals surface area contributed by atoms with Crippen molar-refractivity contribution in [2.45, 2.75) is 6.42 Å². The first-order valence-corrected chi connectivity index (χ1v) is 5.61. The lowest BCUT2D eigenvalue weighted by molar-refractivity contribution is -0.115. The number of aryl methyl sites for hydroxylation is 1. The van der Waals surface area contributed by atoms with Crippen LogP contribution in [0.4, 0.5) is 0 Å². The summed E-state index contributed by atoms with van der Waals surface area (Å²) in [6, 6.07) is 8.02. The summed E-state index contributed by atoms with van der Waals surface area (Å²) >= 11 is 5.67. The maximum absolute atomic E-state index is 11.1. The van der Waals surface area contributed by atoms with Crippen molar-refractivity contribution in [2.75, 3.05) is 5.88 Å². The van der Waals surface area contributed by atoms with Crippen LogP contribution in [0.1, 0.15) is 11.1 Å². The summed E-state index contributed by atoms with van der Waals surface area (Å²) < 4.78 is 0. The Labute approximate surface area is 99.6 Å². The molecule has 0 atom stereocenters. The van der Waals surface area contributed by atoms with Gasteiger partial charge in [0.25, 0.3) is 0 Å². The molecule has 1 amide bonds. The van der Waals surface area contributed by atoms with Crippen molar-refractivity contribution >= 4 is 23.1 Å². The summed E-state index contributed by atoms with van der Waals surface area (Å²) in [5.41, 5.74) is 3.72. The third kappa shape index (κ3) is 2.17. The van der Waals surface area contributed by atoms with Crippen molar-refractivity contribution in [3.63, 3.8) is 0 Å². The van der Waals surface area contributed by atoms with E-state index in [1.54, 1.807) is 6.08 Å². The third-order valence-corrected chi connectivity index (χ3v) is 2.71. The molecule has 3 heteroatoms. The van der Waals surface area contributed by atoms with Gasteiger partial charge in [0, 0.05) is 23.2 Å². The first-order chi connectivity index (χ1) is 7.70. The van der Waals surface area contributed by atoms with Gasteiger partial charge in [0.15, 0.2) is 0 Å². The van der Waals surface area contributed by atoms with Crippen LogP contribution in [0, 0.1) is 0 Å². The Morgan fingerprint density at radius 3 is 2.44 bits per heavy atom. The van der Waals surface area contributed by atoms with Gasteiger partial charge >= 0.3 is 0 Å². The number of hydrogen-bond donors (Lipinski definition) is 1. The second-order valence-electron chi connectivity index (χ2n) is 3.66. The number of carbonyl (C=O) groups is 1. The maximum Gasteiger partial charge on any atom is 0.249 e. The average Bonchev–Trinajstić information content (AvgIpc) is 2.59. The highest BCUT2D eigenvalue weighted by Gasteiger charge is 2.16. The summed E-state index contributed by atoms with van der Waals surface area (Å²) in [6.45, 7) is 3.80. The second-order valence-corrected chi connectivity index (χ2v) is 4.04. The molecule has 1 heterocycles. The summed E-state index contributed by atoms with van der Waals surface area (Å²) in [7, 11) is 0. The number of hydrogen-bond acceptors (Lipinski definition) is 1. The normalized spacial score (nSPS) is 14.9. The summed E-state index contributed by atoms with van der Waals surface area (Å²) in [4.78, 5) is 11.1. The highest BCUT2D eigenvalue weighted by molar-refractivity contribution is 6.18. The van der Waals surface area contributed by atoms with Crippen LogP contribution in [0.2, 0.25) is 0 Å². The lowest BCUT2D eigenvalue weighted by Crippen LogP contribution is -2.12. The zero-order valence-corrected chi connectivity index (χ0v) is 9.55. The smallest absolute Gasteiger partial charge is 0.249 e. The van der Waals surface area contributed by atoms with Crippen LogP contribution in [0.25, 0.3) is 5.57 Å². The Morgan fingerprint density at radius 1 is 1.25 bits per heavy atom. The van der Waals surface area contributed by atoms with E-state index in [9.17, 15) is 4.79 Å². The summed E-state index contributed by atoms with van der Waals surface area (Å²) in [6.07, 6.45) is 2.43. The molecule has 1 aliphatic heterocycles. The van der Waals surface area contributed by atoms with Crippen LogP contribution in [0.3, 0.4) is 0 Å². The fourth-order valence-electron chi connectivity index (χ4n) is 1.69. The molecule has 2 rings (SSSR count). The number of benzene rings is 1. The Balaban J connectivity index is 2.25. The Kier molecular flexibility index (Phi) is 3.11. The number of nitrogens with one attached hydrogen (secondary N) is 1. The van der Waals surface area contributed by atoms with E-state index in [2.05, 4.69) is 11.9 Å². The van der Waals surface area contributed by atoms with Crippen molar-refractivity contribution in [2.24, 2.45) is 0 Å². The number of alkyl halides is 1. The van der Waals surface area contributed by atoms with Crippen LogP contribution >= 0.6 is 11.6 Å². The van der Waals surface area contributed by atoms with E-state index in [1.807, 2.05) is 24.3 Å². The maximum atomic E-state index is 11.1. The van der Waals surface area contributed by atoms with Gasteiger partial charge in [0.1, 0.15) is 0 Å². The number of rotatable bonds is 3. The van der Waals surface area contributed by atoms with Crippen molar-refractivity contribution < 1.29 is 4.79 Å². The molecule has 16 heavy (non-hydrogen) atoms. The molecule has 0 radical (unpaired) electrons. The minimum atomic E-state index is -0.107. The predicted molar refractivity (Wildman–Crippen MR) is 66.1 cm³/mol. The Morgan fingerprint density at radius 2 is 1.94 bits per heavy atom. The zero-order chi connectivity index (χ0) is 11.5. The van der Waals surface area contributed by atoms with E-state index >= 15 is 0 Å². The van der Waals surface area contributed by atoms with Gasteiger partial charge in [-0.05, 0) is 17.5 Å². The molecule has 0 aromatic heterocycles. The molecule has 2 nitrogen and oxygen atoms in total. The fourth-order valence-corrected chi connectivity index (χ4v) is 1.91. The monoisotopic (exact) mass is 233 g/mol. The van der Waals surface area contributed by atoms with Crippen LogP contribution < -0.4 is 5.32 Å². The van der Waals surface area contributed by atoms with Gasteiger partial charge < -0.3 is 5.32 Å². The van der Waals surface area contributed by atoms with E-state index in [0.29, 0.717) is 11.6 Å². The lowest BCUT2D eigenvalue weighted by Gasteiger charge is -2.05. The summed E-state index contributed by atoms with van der Waals surface area (Å²) in [5, 5.41) is 2.66. The zero-order valence-electron chi connectivity index (χ0n) is 8.79. The minimum absolute atomic E-state index is 0.107. The van der Waals surface area contributed by atoms with Crippen LogP contribution in [0.15, 0.2) is 42.6 Å². The van der Waals surface area contributed by atoms with Gasteiger partial charge in [-0.3, -0.25) is 4.79 Å². The summed E-state index contributed by atoms with van der Waals surface area (Å²) in [5.74, 6) is 0.513. The van der Waals surface area contributed by atoms with Crippen LogP contribution in [-0.2, 0) is 11.2 Å². The van der Waals surface area contributed by atoms with Crippen molar-refractivity contribution in [3.8, 4) is 0 Å². The number of halogens is 1. The Hall–Kier alpha value is -1.54.